The Morgan fingerprint density at radius 1 is 1.26 bits per heavy atom. The molecular formula is C13H13N3O3. The van der Waals surface area contributed by atoms with Crippen molar-refractivity contribution in [2.75, 3.05) is 12.4 Å². The minimum absolute atomic E-state index is 0.0681. The standard InChI is InChI=1S/C13H13N3O3/c1-9-3-5-11(6-4-9)19-13-8-10(16(17)18)7-12(14-2)15-13/h3-8H,1-2H3,(H,14,15). The molecule has 0 unspecified atom stereocenters. The predicted octanol–water partition coefficient (Wildman–Crippen LogP) is 3.13. The fourth-order valence-electron chi connectivity index (χ4n) is 1.50. The first-order chi connectivity index (χ1) is 9.08. The molecule has 19 heavy (non-hydrogen) atoms. The topological polar surface area (TPSA) is 77.3 Å². The van der Waals surface area contributed by atoms with E-state index < -0.39 is 4.92 Å². The first-order valence-corrected chi connectivity index (χ1v) is 5.67. The summed E-state index contributed by atoms with van der Waals surface area (Å²) in [4.78, 5) is 14.4. The van der Waals surface area contributed by atoms with Gasteiger partial charge in [-0.2, -0.15) is 4.98 Å². The van der Waals surface area contributed by atoms with Crippen molar-refractivity contribution in [2.45, 2.75) is 6.92 Å². The number of nitro groups is 1. The molecule has 0 spiro atoms. The van der Waals surface area contributed by atoms with E-state index in [1.807, 2.05) is 19.1 Å². The normalized spacial score (nSPS) is 10.0. The number of hydrogen-bond donors (Lipinski definition) is 1. The monoisotopic (exact) mass is 259 g/mol. The number of rotatable bonds is 4. The Morgan fingerprint density at radius 2 is 1.95 bits per heavy atom. The van der Waals surface area contributed by atoms with Gasteiger partial charge in [0.25, 0.3) is 5.69 Å². The van der Waals surface area contributed by atoms with Crippen LogP contribution < -0.4 is 10.1 Å². The summed E-state index contributed by atoms with van der Waals surface area (Å²) >= 11 is 0. The minimum Gasteiger partial charge on any atom is -0.439 e. The maximum Gasteiger partial charge on any atom is 0.278 e. The van der Waals surface area contributed by atoms with Gasteiger partial charge in [-0.25, -0.2) is 0 Å². The van der Waals surface area contributed by atoms with E-state index in [-0.39, 0.29) is 11.6 Å². The first kappa shape index (κ1) is 12.8. The summed E-state index contributed by atoms with van der Waals surface area (Å²) in [6.07, 6.45) is 0. The van der Waals surface area contributed by atoms with Gasteiger partial charge in [-0.1, -0.05) is 17.7 Å². The van der Waals surface area contributed by atoms with E-state index in [9.17, 15) is 10.1 Å². The van der Waals surface area contributed by atoms with E-state index in [1.54, 1.807) is 19.2 Å². The van der Waals surface area contributed by atoms with Crippen LogP contribution in [0.3, 0.4) is 0 Å². The summed E-state index contributed by atoms with van der Waals surface area (Å²) in [7, 11) is 1.64. The molecule has 1 aromatic heterocycles. The molecule has 0 aliphatic carbocycles. The van der Waals surface area contributed by atoms with Crippen molar-refractivity contribution in [1.29, 1.82) is 0 Å². The third-order valence-electron chi connectivity index (χ3n) is 2.50. The molecule has 0 saturated heterocycles. The van der Waals surface area contributed by atoms with Gasteiger partial charge in [0.15, 0.2) is 0 Å². The Labute approximate surface area is 110 Å². The zero-order chi connectivity index (χ0) is 13.8. The lowest BCUT2D eigenvalue weighted by Gasteiger charge is -2.07. The summed E-state index contributed by atoms with van der Waals surface area (Å²) in [6.45, 7) is 1.97. The second-order valence-corrected chi connectivity index (χ2v) is 3.97. The van der Waals surface area contributed by atoms with Crippen molar-refractivity contribution in [3.8, 4) is 11.6 Å². The molecule has 0 saturated carbocycles. The molecule has 6 heteroatoms. The number of nitrogens with zero attached hydrogens (tertiary/aromatic N) is 2. The molecule has 0 amide bonds. The molecule has 2 rings (SSSR count). The van der Waals surface area contributed by atoms with Gasteiger partial charge in [-0.3, -0.25) is 10.1 Å². The fraction of sp³-hybridized carbons (Fsp3) is 0.154. The highest BCUT2D eigenvalue weighted by atomic mass is 16.6. The molecular weight excluding hydrogens is 246 g/mol. The first-order valence-electron chi connectivity index (χ1n) is 5.67. The lowest BCUT2D eigenvalue weighted by atomic mass is 10.2. The molecule has 0 aliphatic rings. The van der Waals surface area contributed by atoms with E-state index in [0.29, 0.717) is 11.6 Å². The molecule has 0 radical (unpaired) electrons. The smallest absolute Gasteiger partial charge is 0.278 e. The van der Waals surface area contributed by atoms with Crippen molar-refractivity contribution in [3.05, 3.63) is 52.1 Å². The lowest BCUT2D eigenvalue weighted by molar-refractivity contribution is -0.384. The number of anilines is 1. The number of hydrogen-bond acceptors (Lipinski definition) is 5. The van der Waals surface area contributed by atoms with Crippen LogP contribution in [-0.4, -0.2) is 17.0 Å². The number of nitrogens with one attached hydrogen (secondary N) is 1. The zero-order valence-electron chi connectivity index (χ0n) is 10.6. The zero-order valence-corrected chi connectivity index (χ0v) is 10.6. The van der Waals surface area contributed by atoms with Crippen LogP contribution in [0.4, 0.5) is 11.5 Å². The second kappa shape index (κ2) is 5.34. The Morgan fingerprint density at radius 3 is 2.53 bits per heavy atom. The van der Waals surface area contributed by atoms with Crippen LogP contribution in [0.15, 0.2) is 36.4 Å². The number of aryl methyl sites for hydroxylation is 1. The van der Waals surface area contributed by atoms with Gasteiger partial charge in [-0.05, 0) is 19.1 Å². The molecule has 1 N–H and O–H groups in total. The van der Waals surface area contributed by atoms with Gasteiger partial charge in [-0.15, -0.1) is 0 Å². The maximum atomic E-state index is 10.8. The maximum absolute atomic E-state index is 10.8. The lowest BCUT2D eigenvalue weighted by Crippen LogP contribution is -1.98. The summed E-state index contributed by atoms with van der Waals surface area (Å²) in [5.41, 5.74) is 1.04. The van der Waals surface area contributed by atoms with E-state index in [2.05, 4.69) is 10.3 Å². The van der Waals surface area contributed by atoms with E-state index in [1.165, 1.54) is 12.1 Å². The van der Waals surface area contributed by atoms with Gasteiger partial charge in [0, 0.05) is 7.05 Å². The van der Waals surface area contributed by atoms with Crippen LogP contribution >= 0.6 is 0 Å². The molecule has 0 aliphatic heterocycles. The summed E-state index contributed by atoms with van der Waals surface area (Å²) < 4.78 is 5.51. The molecule has 1 heterocycles. The van der Waals surface area contributed by atoms with Crippen molar-refractivity contribution in [3.63, 3.8) is 0 Å². The van der Waals surface area contributed by atoms with E-state index in [0.717, 1.165) is 5.56 Å². The quantitative estimate of drug-likeness (QED) is 0.674. The summed E-state index contributed by atoms with van der Waals surface area (Å²) in [5.74, 6) is 1.15. The molecule has 2 aromatic rings. The van der Waals surface area contributed by atoms with Crippen molar-refractivity contribution in [1.82, 2.24) is 4.98 Å². The van der Waals surface area contributed by atoms with Crippen LogP contribution in [0.2, 0.25) is 0 Å². The van der Waals surface area contributed by atoms with Gasteiger partial charge in [0.05, 0.1) is 17.1 Å². The Kier molecular flexibility index (Phi) is 3.61. The highest BCUT2D eigenvalue weighted by Crippen LogP contribution is 2.26. The van der Waals surface area contributed by atoms with Gasteiger partial charge >= 0.3 is 0 Å². The Bertz CT molecular complexity index is 597. The molecule has 1 aromatic carbocycles. The van der Waals surface area contributed by atoms with Gasteiger partial charge in [0.2, 0.25) is 5.88 Å². The van der Waals surface area contributed by atoms with Crippen molar-refractivity contribution >= 4 is 11.5 Å². The average Bonchev–Trinajstić information content (AvgIpc) is 2.41. The minimum atomic E-state index is -0.482. The third kappa shape index (κ3) is 3.19. The number of benzene rings is 1. The highest BCUT2D eigenvalue weighted by Gasteiger charge is 2.12. The van der Waals surface area contributed by atoms with Gasteiger partial charge < -0.3 is 10.1 Å². The second-order valence-electron chi connectivity index (χ2n) is 3.97. The molecule has 98 valence electrons. The highest BCUT2D eigenvalue weighted by molar-refractivity contribution is 5.48. The Balaban J connectivity index is 2.31. The molecule has 0 atom stereocenters. The van der Waals surface area contributed by atoms with Crippen LogP contribution in [-0.2, 0) is 0 Å². The SMILES string of the molecule is CNc1cc([N+](=O)[O-])cc(Oc2ccc(C)cc2)n1. The fourth-order valence-corrected chi connectivity index (χ4v) is 1.50. The Hall–Kier alpha value is -2.63. The van der Waals surface area contributed by atoms with Crippen molar-refractivity contribution < 1.29 is 9.66 Å². The van der Waals surface area contributed by atoms with E-state index >= 15 is 0 Å². The van der Waals surface area contributed by atoms with E-state index in [4.69, 9.17) is 4.74 Å². The molecule has 0 fully saturated rings. The average molecular weight is 259 g/mol. The van der Waals surface area contributed by atoms with Crippen LogP contribution in [0.25, 0.3) is 0 Å². The van der Waals surface area contributed by atoms with Crippen molar-refractivity contribution in [2.24, 2.45) is 0 Å². The molecule has 0 bridgehead atoms. The number of ether oxygens (including phenoxy) is 1. The molecule has 6 nitrogen and oxygen atoms in total. The third-order valence-corrected chi connectivity index (χ3v) is 2.50. The number of aromatic nitrogens is 1. The number of pyridine rings is 1. The van der Waals surface area contributed by atoms with Crippen LogP contribution in [0.1, 0.15) is 5.56 Å². The van der Waals surface area contributed by atoms with Gasteiger partial charge in [0.1, 0.15) is 11.6 Å². The summed E-state index contributed by atoms with van der Waals surface area (Å²) in [5, 5.41) is 13.6. The largest absolute Gasteiger partial charge is 0.439 e. The predicted molar refractivity (Wildman–Crippen MR) is 71.7 cm³/mol. The van der Waals surface area contributed by atoms with Crippen LogP contribution in [0.5, 0.6) is 11.6 Å². The summed E-state index contributed by atoms with van der Waals surface area (Å²) in [6, 6.07) is 10.0. The van der Waals surface area contributed by atoms with Crippen LogP contribution in [0, 0.1) is 17.0 Å².